The third kappa shape index (κ3) is 10.8. The zero-order chi connectivity index (χ0) is 29.9. The van der Waals surface area contributed by atoms with Gasteiger partial charge in [-0.15, -0.1) is 0 Å². The van der Waals surface area contributed by atoms with Gasteiger partial charge in [-0.25, -0.2) is 4.79 Å². The second-order valence-corrected chi connectivity index (χ2v) is 13.0. The highest BCUT2D eigenvalue weighted by Gasteiger charge is 2.38. The van der Waals surface area contributed by atoms with Crippen LogP contribution >= 0.6 is 0 Å². The zero-order valence-electron chi connectivity index (χ0n) is 26.4. The average molecular weight is 558 g/mol. The Hall–Kier alpha value is -2.57. The molecule has 0 heterocycles. The van der Waals surface area contributed by atoms with Crippen LogP contribution in [0.5, 0.6) is 0 Å². The summed E-state index contributed by atoms with van der Waals surface area (Å²) in [6.45, 7) is 16.1. The van der Waals surface area contributed by atoms with Crippen LogP contribution in [0.4, 0.5) is 4.79 Å². The molecule has 2 N–H and O–H groups in total. The Labute approximate surface area is 243 Å². The first-order valence-electron chi connectivity index (χ1n) is 15.5. The maximum atomic E-state index is 14.5. The van der Waals surface area contributed by atoms with Crippen molar-refractivity contribution in [1.82, 2.24) is 15.5 Å². The predicted octanol–water partition coefficient (Wildman–Crippen LogP) is 7.14. The van der Waals surface area contributed by atoms with Crippen LogP contribution in [0.1, 0.15) is 128 Å². The van der Waals surface area contributed by atoms with Crippen molar-refractivity contribution >= 4 is 17.9 Å². The lowest BCUT2D eigenvalue weighted by Crippen LogP contribution is -2.54. The molecule has 7 heteroatoms. The van der Waals surface area contributed by atoms with Gasteiger partial charge in [0, 0.05) is 12.6 Å². The maximum Gasteiger partial charge on any atom is 0.408 e. The van der Waals surface area contributed by atoms with Gasteiger partial charge in [0.1, 0.15) is 17.7 Å². The summed E-state index contributed by atoms with van der Waals surface area (Å²) in [6.07, 6.45) is 9.07. The molecule has 1 aromatic rings. The number of alkyl carbamates (subject to hydrolysis) is 1. The first-order valence-corrected chi connectivity index (χ1v) is 15.5. The van der Waals surface area contributed by atoms with Crippen LogP contribution in [0, 0.1) is 19.8 Å². The number of carbonyl (C=O) groups is 3. The second-order valence-electron chi connectivity index (χ2n) is 13.0. The molecule has 1 aliphatic rings. The van der Waals surface area contributed by atoms with E-state index in [1.54, 1.807) is 25.7 Å². The summed E-state index contributed by atoms with van der Waals surface area (Å²) in [7, 11) is 0. The summed E-state index contributed by atoms with van der Waals surface area (Å²) in [6, 6.07) is 4.56. The van der Waals surface area contributed by atoms with Crippen LogP contribution in [-0.2, 0) is 14.3 Å². The number of carbonyl (C=O) groups excluding carboxylic acids is 3. The second kappa shape index (κ2) is 16.0. The van der Waals surface area contributed by atoms with Gasteiger partial charge in [0.25, 0.3) is 0 Å². The van der Waals surface area contributed by atoms with Crippen molar-refractivity contribution in [2.75, 3.05) is 6.54 Å². The molecule has 1 fully saturated rings. The van der Waals surface area contributed by atoms with Crippen molar-refractivity contribution < 1.29 is 19.1 Å². The van der Waals surface area contributed by atoms with E-state index in [9.17, 15) is 14.4 Å². The Bertz CT molecular complexity index is 943. The van der Waals surface area contributed by atoms with Gasteiger partial charge in [-0.05, 0) is 82.9 Å². The molecule has 0 radical (unpaired) electrons. The van der Waals surface area contributed by atoms with E-state index in [-0.39, 0.29) is 23.8 Å². The fraction of sp³-hybridized carbons (Fsp3) is 0.727. The van der Waals surface area contributed by atoms with E-state index in [1.807, 2.05) is 45.9 Å². The number of amides is 3. The molecule has 0 spiro atoms. The number of aryl methyl sites for hydroxylation is 2. The maximum absolute atomic E-state index is 14.5. The van der Waals surface area contributed by atoms with E-state index < -0.39 is 23.8 Å². The molecule has 1 aromatic carbocycles. The third-order valence-electron chi connectivity index (χ3n) is 7.56. The van der Waals surface area contributed by atoms with Crippen molar-refractivity contribution in [1.29, 1.82) is 0 Å². The van der Waals surface area contributed by atoms with Gasteiger partial charge < -0.3 is 20.3 Å². The minimum absolute atomic E-state index is 0.122. The molecule has 0 bridgehead atoms. The van der Waals surface area contributed by atoms with Gasteiger partial charge in [-0.3, -0.25) is 9.59 Å². The van der Waals surface area contributed by atoms with Crippen LogP contribution < -0.4 is 10.6 Å². The SMILES string of the molecule is CCCCCCN(C(=O)C(CC(C)C)NC(=O)OC(C)(C)C)C(C(=O)NC1CCCCC1)c1c(C)cccc1C. The number of ether oxygens (including phenoxy) is 1. The molecule has 226 valence electrons. The van der Waals surface area contributed by atoms with Crippen LogP contribution in [0.3, 0.4) is 0 Å². The number of unbranched alkanes of at least 4 members (excludes halogenated alkanes) is 3. The topological polar surface area (TPSA) is 87.7 Å². The number of nitrogens with one attached hydrogen (secondary N) is 2. The number of nitrogens with zero attached hydrogens (tertiary/aromatic N) is 1. The standard InChI is InChI=1S/C33H55N3O4/c1-9-10-11-15-21-36(31(38)27(22-23(2)3)35-32(39)40-33(6,7)8)29(28-24(4)17-16-18-25(28)5)30(37)34-26-19-13-12-14-20-26/h16-18,23,26-27,29H,9-15,19-22H2,1-8H3,(H,34,37)(H,35,39). The van der Waals surface area contributed by atoms with Crippen LogP contribution in [-0.4, -0.2) is 47.0 Å². The third-order valence-corrected chi connectivity index (χ3v) is 7.56. The van der Waals surface area contributed by atoms with Crippen molar-refractivity contribution in [3.05, 3.63) is 34.9 Å². The molecular formula is C33H55N3O4. The van der Waals surface area contributed by atoms with E-state index in [0.29, 0.717) is 13.0 Å². The highest BCUT2D eigenvalue weighted by molar-refractivity contribution is 5.92. The molecule has 1 aliphatic carbocycles. The van der Waals surface area contributed by atoms with Crippen molar-refractivity contribution in [3.8, 4) is 0 Å². The van der Waals surface area contributed by atoms with Gasteiger partial charge in [0.15, 0.2) is 0 Å². The summed E-state index contributed by atoms with van der Waals surface area (Å²) < 4.78 is 5.52. The Morgan fingerprint density at radius 1 is 1.00 bits per heavy atom. The van der Waals surface area contributed by atoms with Crippen LogP contribution in [0.2, 0.25) is 0 Å². The van der Waals surface area contributed by atoms with E-state index in [2.05, 4.69) is 17.6 Å². The smallest absolute Gasteiger partial charge is 0.408 e. The molecule has 40 heavy (non-hydrogen) atoms. The van der Waals surface area contributed by atoms with Gasteiger partial charge in [0.2, 0.25) is 11.8 Å². The van der Waals surface area contributed by atoms with Gasteiger partial charge in [-0.2, -0.15) is 0 Å². The fourth-order valence-corrected chi connectivity index (χ4v) is 5.63. The van der Waals surface area contributed by atoms with Crippen LogP contribution in [0.25, 0.3) is 0 Å². The molecule has 2 unspecified atom stereocenters. The minimum Gasteiger partial charge on any atom is -0.444 e. The summed E-state index contributed by atoms with van der Waals surface area (Å²) in [5.74, 6) is -0.211. The van der Waals surface area contributed by atoms with E-state index in [0.717, 1.165) is 68.1 Å². The first kappa shape index (κ1) is 33.6. The molecule has 0 saturated heterocycles. The molecule has 2 atom stereocenters. The van der Waals surface area contributed by atoms with Crippen LogP contribution in [0.15, 0.2) is 18.2 Å². The largest absolute Gasteiger partial charge is 0.444 e. The highest BCUT2D eigenvalue weighted by Crippen LogP contribution is 2.30. The molecule has 3 amide bonds. The predicted molar refractivity (Wildman–Crippen MR) is 162 cm³/mol. The van der Waals surface area contributed by atoms with Gasteiger partial charge in [-0.1, -0.05) is 77.5 Å². The van der Waals surface area contributed by atoms with Gasteiger partial charge in [0.05, 0.1) is 0 Å². The fourth-order valence-electron chi connectivity index (χ4n) is 5.63. The number of benzene rings is 1. The average Bonchev–Trinajstić information content (AvgIpc) is 2.85. The lowest BCUT2D eigenvalue weighted by atomic mass is 9.91. The Balaban J connectivity index is 2.53. The number of hydrogen-bond acceptors (Lipinski definition) is 4. The molecule has 2 rings (SSSR count). The Morgan fingerprint density at radius 3 is 2.17 bits per heavy atom. The van der Waals surface area contributed by atoms with E-state index >= 15 is 0 Å². The minimum atomic E-state index is -0.796. The molecular weight excluding hydrogens is 502 g/mol. The quantitative estimate of drug-likeness (QED) is 0.252. The molecule has 7 nitrogen and oxygen atoms in total. The molecule has 0 aliphatic heterocycles. The Morgan fingerprint density at radius 2 is 1.62 bits per heavy atom. The van der Waals surface area contributed by atoms with Gasteiger partial charge >= 0.3 is 6.09 Å². The van der Waals surface area contributed by atoms with E-state index in [1.165, 1.54) is 6.42 Å². The van der Waals surface area contributed by atoms with Crippen molar-refractivity contribution in [3.63, 3.8) is 0 Å². The first-order chi connectivity index (χ1) is 18.8. The zero-order valence-corrected chi connectivity index (χ0v) is 26.4. The lowest BCUT2D eigenvalue weighted by Gasteiger charge is -2.37. The monoisotopic (exact) mass is 557 g/mol. The van der Waals surface area contributed by atoms with E-state index in [4.69, 9.17) is 4.74 Å². The van der Waals surface area contributed by atoms with Crippen molar-refractivity contribution in [2.45, 2.75) is 143 Å². The normalized spacial score (nSPS) is 15.8. The summed E-state index contributed by atoms with van der Waals surface area (Å²) in [5.41, 5.74) is 2.15. The summed E-state index contributed by atoms with van der Waals surface area (Å²) >= 11 is 0. The highest BCUT2D eigenvalue weighted by atomic mass is 16.6. The van der Waals surface area contributed by atoms with Crippen molar-refractivity contribution in [2.24, 2.45) is 5.92 Å². The number of rotatable bonds is 13. The summed E-state index contributed by atoms with van der Waals surface area (Å²) in [4.78, 5) is 43.2. The molecule has 0 aromatic heterocycles. The molecule has 1 saturated carbocycles. The Kier molecular flexibility index (Phi) is 13.5. The summed E-state index contributed by atoms with van der Waals surface area (Å²) in [5, 5.41) is 6.17. The lowest BCUT2D eigenvalue weighted by molar-refractivity contribution is -0.143. The number of hydrogen-bond donors (Lipinski definition) is 2.